The van der Waals surface area contributed by atoms with E-state index < -0.39 is 59.0 Å². The molecule has 3 unspecified atom stereocenters. The van der Waals surface area contributed by atoms with Crippen molar-refractivity contribution < 1.29 is 28.8 Å². The SMILES string of the molecule is CC(=O)C(=O)C(CC1CCC1)NC(=O)[C@@H]1C2C(CN1C(=O)[C@@H](NC(=O)NC(=O)NC1CCCCC1)C(C)(C)C)C2(C)C. The number of carbonyl (C=O) groups is 6. The van der Waals surface area contributed by atoms with E-state index in [-0.39, 0.29) is 29.2 Å². The number of imide groups is 1. The Kier molecular flexibility index (Phi) is 9.37. The molecule has 4 N–H and O–H groups in total. The van der Waals surface area contributed by atoms with E-state index in [4.69, 9.17) is 0 Å². The first-order valence-corrected chi connectivity index (χ1v) is 15.6. The van der Waals surface area contributed by atoms with Gasteiger partial charge >= 0.3 is 12.1 Å². The van der Waals surface area contributed by atoms with Crippen LogP contribution < -0.4 is 21.3 Å². The van der Waals surface area contributed by atoms with Crippen LogP contribution in [0.5, 0.6) is 0 Å². The van der Waals surface area contributed by atoms with Crippen LogP contribution in [0.3, 0.4) is 0 Å². The average Bonchev–Trinajstić information content (AvgIpc) is 3.20. The lowest BCUT2D eigenvalue weighted by molar-refractivity contribution is -0.145. The lowest BCUT2D eigenvalue weighted by Gasteiger charge is -2.38. The van der Waals surface area contributed by atoms with Gasteiger partial charge in [-0.2, -0.15) is 0 Å². The monoisotopic (exact) mass is 587 g/mol. The van der Waals surface area contributed by atoms with Gasteiger partial charge in [-0.15, -0.1) is 0 Å². The van der Waals surface area contributed by atoms with Crippen molar-refractivity contribution in [3.8, 4) is 0 Å². The molecule has 11 heteroatoms. The molecule has 0 radical (unpaired) electrons. The molecule has 3 aliphatic carbocycles. The molecule has 234 valence electrons. The minimum Gasteiger partial charge on any atom is -0.344 e. The number of hydrogen-bond donors (Lipinski definition) is 4. The Labute approximate surface area is 249 Å². The minimum absolute atomic E-state index is 0.0218. The van der Waals surface area contributed by atoms with Crippen LogP contribution in [0.25, 0.3) is 0 Å². The van der Waals surface area contributed by atoms with E-state index in [0.717, 1.165) is 51.4 Å². The van der Waals surface area contributed by atoms with Crippen LogP contribution in [0, 0.1) is 28.6 Å². The molecule has 1 saturated heterocycles. The Bertz CT molecular complexity index is 1100. The highest BCUT2D eigenvalue weighted by atomic mass is 16.2. The number of urea groups is 2. The van der Waals surface area contributed by atoms with E-state index in [1.165, 1.54) is 11.8 Å². The number of rotatable bonds is 9. The van der Waals surface area contributed by atoms with E-state index in [1.54, 1.807) is 0 Å². The molecule has 0 bridgehead atoms. The first-order valence-electron chi connectivity index (χ1n) is 15.6. The first kappa shape index (κ1) is 31.9. The molecule has 1 heterocycles. The second-order valence-corrected chi connectivity index (χ2v) is 14.6. The van der Waals surface area contributed by atoms with E-state index in [2.05, 4.69) is 35.1 Å². The van der Waals surface area contributed by atoms with Gasteiger partial charge in [0.15, 0.2) is 5.78 Å². The summed E-state index contributed by atoms with van der Waals surface area (Å²) in [6.45, 7) is 11.1. The number of likely N-dealkylation sites (tertiary alicyclic amines) is 1. The van der Waals surface area contributed by atoms with Gasteiger partial charge in [-0.05, 0) is 47.8 Å². The highest BCUT2D eigenvalue weighted by Crippen LogP contribution is 2.65. The molecule has 0 aromatic carbocycles. The maximum atomic E-state index is 14.1. The predicted molar refractivity (Wildman–Crippen MR) is 156 cm³/mol. The standard InChI is InChI=1S/C31H49N5O6/c1-17(37)24(38)21(15-18-11-10-12-18)33-26(39)23-22-20(31(22,5)6)16-36(23)27(40)25(30(2,3)4)34-29(42)35-28(41)32-19-13-8-7-9-14-19/h18-23,25H,7-16H2,1-6H3,(H,33,39)(H3,32,34,35,41,42)/t20?,21?,22?,23-,25+/m0/s1. The van der Waals surface area contributed by atoms with Gasteiger partial charge in [0.2, 0.25) is 17.6 Å². The van der Waals surface area contributed by atoms with Gasteiger partial charge in [-0.3, -0.25) is 24.5 Å². The topological polar surface area (TPSA) is 154 Å². The third-order valence-corrected chi connectivity index (χ3v) is 10.1. The molecule has 0 aromatic rings. The number of amides is 6. The number of nitrogens with zero attached hydrogens (tertiary/aromatic N) is 1. The fourth-order valence-corrected chi connectivity index (χ4v) is 7.16. The fourth-order valence-electron chi connectivity index (χ4n) is 7.16. The minimum atomic E-state index is -1.01. The van der Waals surface area contributed by atoms with Crippen molar-refractivity contribution in [2.45, 2.75) is 123 Å². The molecule has 3 saturated carbocycles. The molecule has 1 aliphatic heterocycles. The van der Waals surface area contributed by atoms with Crippen LogP contribution in [0.2, 0.25) is 0 Å². The molecule has 4 fully saturated rings. The van der Waals surface area contributed by atoms with E-state index in [1.807, 2.05) is 20.8 Å². The largest absolute Gasteiger partial charge is 0.344 e. The Morgan fingerprint density at radius 3 is 2.07 bits per heavy atom. The molecule has 5 atom stereocenters. The normalized spacial score (nSPS) is 26.6. The molecule has 11 nitrogen and oxygen atoms in total. The summed E-state index contributed by atoms with van der Waals surface area (Å²) < 4.78 is 0. The Morgan fingerprint density at radius 2 is 1.52 bits per heavy atom. The number of ketones is 2. The van der Waals surface area contributed by atoms with Crippen LogP contribution in [0.15, 0.2) is 0 Å². The summed E-state index contributed by atoms with van der Waals surface area (Å²) in [5.74, 6) is -1.79. The molecular weight excluding hydrogens is 538 g/mol. The molecule has 6 amide bonds. The predicted octanol–water partition coefficient (Wildman–Crippen LogP) is 3.06. The van der Waals surface area contributed by atoms with Gasteiger partial charge < -0.3 is 20.9 Å². The third-order valence-electron chi connectivity index (χ3n) is 10.1. The van der Waals surface area contributed by atoms with Crippen LogP contribution in [-0.2, 0) is 19.2 Å². The lowest BCUT2D eigenvalue weighted by atomic mass is 9.79. The fraction of sp³-hybridized carbons (Fsp3) is 0.806. The van der Waals surface area contributed by atoms with Crippen molar-refractivity contribution in [3.63, 3.8) is 0 Å². The van der Waals surface area contributed by atoms with Crippen molar-refractivity contribution in [2.24, 2.45) is 28.6 Å². The van der Waals surface area contributed by atoms with Gasteiger partial charge in [-0.1, -0.05) is 73.1 Å². The Hall–Kier alpha value is -2.98. The van der Waals surface area contributed by atoms with Gasteiger partial charge in [0.05, 0.1) is 6.04 Å². The van der Waals surface area contributed by atoms with Crippen molar-refractivity contribution in [1.82, 2.24) is 26.2 Å². The quantitative estimate of drug-likeness (QED) is 0.304. The highest BCUT2D eigenvalue weighted by Gasteiger charge is 2.70. The van der Waals surface area contributed by atoms with Crippen molar-refractivity contribution in [1.29, 1.82) is 0 Å². The summed E-state index contributed by atoms with van der Waals surface area (Å²) in [5, 5.41) is 10.7. The molecule has 0 aromatic heterocycles. The maximum Gasteiger partial charge on any atom is 0.323 e. The zero-order valence-corrected chi connectivity index (χ0v) is 26.0. The zero-order chi connectivity index (χ0) is 31.0. The maximum absolute atomic E-state index is 14.1. The van der Waals surface area contributed by atoms with Crippen LogP contribution in [0.4, 0.5) is 9.59 Å². The number of carbonyl (C=O) groups excluding carboxylic acids is 6. The smallest absolute Gasteiger partial charge is 0.323 e. The summed E-state index contributed by atoms with van der Waals surface area (Å²) in [6.07, 6.45) is 8.35. The van der Waals surface area contributed by atoms with Gasteiger partial charge in [0, 0.05) is 19.5 Å². The van der Waals surface area contributed by atoms with E-state index in [9.17, 15) is 28.8 Å². The molecule has 4 rings (SSSR count). The molecule has 42 heavy (non-hydrogen) atoms. The Balaban J connectivity index is 1.47. The average molecular weight is 588 g/mol. The highest BCUT2D eigenvalue weighted by molar-refractivity contribution is 6.38. The van der Waals surface area contributed by atoms with Crippen molar-refractivity contribution in [3.05, 3.63) is 0 Å². The summed E-state index contributed by atoms with van der Waals surface area (Å²) in [6, 6.07) is -4.12. The number of Topliss-reactive ketones (excluding diaryl/α,β-unsaturated/α-hetero) is 2. The summed E-state index contributed by atoms with van der Waals surface area (Å²) in [5.41, 5.74) is -0.888. The molecule has 4 aliphatic rings. The number of hydrogen-bond acceptors (Lipinski definition) is 6. The second kappa shape index (κ2) is 12.3. The number of piperidine rings is 1. The number of fused-ring (bicyclic) bond motifs is 1. The lowest BCUT2D eigenvalue weighted by Crippen LogP contribution is -2.62. The van der Waals surface area contributed by atoms with Crippen LogP contribution in [-0.4, -0.2) is 71.1 Å². The zero-order valence-electron chi connectivity index (χ0n) is 26.0. The van der Waals surface area contributed by atoms with Crippen LogP contribution in [0.1, 0.15) is 99.3 Å². The molecule has 0 spiro atoms. The second-order valence-electron chi connectivity index (χ2n) is 14.6. The summed E-state index contributed by atoms with van der Waals surface area (Å²) in [7, 11) is 0. The Morgan fingerprint density at radius 1 is 0.881 bits per heavy atom. The summed E-state index contributed by atoms with van der Waals surface area (Å²) in [4.78, 5) is 79.5. The third kappa shape index (κ3) is 6.97. The van der Waals surface area contributed by atoms with Gasteiger partial charge in [0.25, 0.3) is 0 Å². The number of nitrogens with one attached hydrogen (secondary N) is 4. The summed E-state index contributed by atoms with van der Waals surface area (Å²) >= 11 is 0. The van der Waals surface area contributed by atoms with Crippen molar-refractivity contribution in [2.75, 3.05) is 6.54 Å². The van der Waals surface area contributed by atoms with E-state index >= 15 is 0 Å². The van der Waals surface area contributed by atoms with Gasteiger partial charge in [0.1, 0.15) is 12.1 Å². The van der Waals surface area contributed by atoms with Crippen molar-refractivity contribution >= 4 is 35.4 Å². The first-order chi connectivity index (χ1) is 19.6. The van der Waals surface area contributed by atoms with Crippen LogP contribution >= 0.6 is 0 Å². The molecular formula is C31H49N5O6. The van der Waals surface area contributed by atoms with E-state index in [0.29, 0.717) is 13.0 Å². The van der Waals surface area contributed by atoms with Gasteiger partial charge in [-0.25, -0.2) is 9.59 Å².